The number of carbonyl (C=O) groups is 2. The average molecular weight is 405 g/mol. The van der Waals surface area contributed by atoms with E-state index in [9.17, 15) is 9.59 Å². The van der Waals surface area contributed by atoms with Crippen LogP contribution in [0.25, 0.3) is 0 Å². The van der Waals surface area contributed by atoms with Crippen LogP contribution in [-0.4, -0.2) is 23.5 Å². The van der Waals surface area contributed by atoms with Gasteiger partial charge in [-0.1, -0.05) is 0 Å². The van der Waals surface area contributed by atoms with Crippen molar-refractivity contribution in [2.75, 3.05) is 6.79 Å². The summed E-state index contributed by atoms with van der Waals surface area (Å²) in [5.74, 6) is 1.25. The van der Waals surface area contributed by atoms with Gasteiger partial charge in [0.1, 0.15) is 5.69 Å². The summed E-state index contributed by atoms with van der Waals surface area (Å²) >= 11 is 3.45. The maximum Gasteiger partial charge on any atom is 0.268 e. The smallest absolute Gasteiger partial charge is 0.268 e. The van der Waals surface area contributed by atoms with E-state index in [1.165, 1.54) is 0 Å². The summed E-state index contributed by atoms with van der Waals surface area (Å²) in [7, 11) is 0. The second-order valence-electron chi connectivity index (χ2n) is 6.25. The molecule has 0 spiro atoms. The van der Waals surface area contributed by atoms with Gasteiger partial charge in [-0.25, -0.2) is 0 Å². The van der Waals surface area contributed by atoms with Gasteiger partial charge < -0.3 is 19.8 Å². The Bertz CT molecular complexity index is 888. The molecule has 2 aliphatic rings. The third kappa shape index (κ3) is 2.82. The number of ether oxygens (including phenoxy) is 2. The maximum absolute atomic E-state index is 12.6. The number of carbonyl (C=O) groups excluding carboxylic acids is 2. The lowest BCUT2D eigenvalue weighted by Crippen LogP contribution is -2.24. The van der Waals surface area contributed by atoms with Gasteiger partial charge in [-0.05, 0) is 59.0 Å². The fourth-order valence-electron chi connectivity index (χ4n) is 3.39. The lowest BCUT2D eigenvalue weighted by atomic mass is 9.94. The van der Waals surface area contributed by atoms with Crippen molar-refractivity contribution in [2.24, 2.45) is 0 Å². The van der Waals surface area contributed by atoms with Crippen molar-refractivity contribution < 1.29 is 19.1 Å². The molecule has 2 N–H and O–H groups in total. The van der Waals surface area contributed by atoms with Crippen molar-refractivity contribution in [2.45, 2.75) is 32.7 Å². The van der Waals surface area contributed by atoms with Crippen molar-refractivity contribution in [3.05, 3.63) is 44.7 Å². The largest absolute Gasteiger partial charge is 0.454 e. The number of amides is 1. The first kappa shape index (κ1) is 16.2. The normalized spacial score (nSPS) is 15.2. The molecule has 0 fully saturated rings. The summed E-state index contributed by atoms with van der Waals surface area (Å²) in [5.41, 5.74) is 3.69. The molecule has 1 aliphatic carbocycles. The molecule has 2 heterocycles. The Balaban J connectivity index is 1.52. The van der Waals surface area contributed by atoms with Gasteiger partial charge in [0.25, 0.3) is 5.91 Å². The van der Waals surface area contributed by atoms with E-state index in [4.69, 9.17) is 9.47 Å². The third-order valence-electron chi connectivity index (χ3n) is 4.60. The van der Waals surface area contributed by atoms with Gasteiger partial charge in [0, 0.05) is 24.2 Å². The Hall–Kier alpha value is -2.28. The molecule has 0 saturated carbocycles. The van der Waals surface area contributed by atoms with E-state index in [1.54, 1.807) is 0 Å². The molecule has 7 heteroatoms. The molecule has 1 amide bonds. The molecule has 1 aliphatic heterocycles. The van der Waals surface area contributed by atoms with Crippen molar-refractivity contribution in [1.29, 1.82) is 0 Å². The van der Waals surface area contributed by atoms with Crippen molar-refractivity contribution in [1.82, 2.24) is 10.3 Å². The fraction of sp³-hybridized carbons (Fsp3) is 0.333. The molecule has 0 atom stereocenters. The van der Waals surface area contributed by atoms with Crippen LogP contribution in [0.3, 0.4) is 0 Å². The summed E-state index contributed by atoms with van der Waals surface area (Å²) in [6.07, 6.45) is 2.19. The summed E-state index contributed by atoms with van der Waals surface area (Å²) in [6.45, 7) is 2.38. The molecule has 1 aromatic heterocycles. The van der Waals surface area contributed by atoms with Gasteiger partial charge in [0.05, 0.1) is 4.47 Å². The van der Waals surface area contributed by atoms with E-state index < -0.39 is 0 Å². The Morgan fingerprint density at radius 1 is 1.32 bits per heavy atom. The highest BCUT2D eigenvalue weighted by molar-refractivity contribution is 9.10. The first-order valence-corrected chi connectivity index (χ1v) is 8.94. The maximum atomic E-state index is 12.6. The van der Waals surface area contributed by atoms with Crippen molar-refractivity contribution in [3.8, 4) is 11.5 Å². The second-order valence-corrected chi connectivity index (χ2v) is 7.10. The Morgan fingerprint density at radius 3 is 2.96 bits per heavy atom. The zero-order valence-corrected chi connectivity index (χ0v) is 15.3. The van der Waals surface area contributed by atoms with Crippen LogP contribution in [0.2, 0.25) is 0 Å². The summed E-state index contributed by atoms with van der Waals surface area (Å²) in [6, 6.07) is 3.74. The van der Waals surface area contributed by atoms with Gasteiger partial charge in [0.15, 0.2) is 17.3 Å². The molecule has 6 nitrogen and oxygen atoms in total. The zero-order chi connectivity index (χ0) is 17.6. The monoisotopic (exact) mass is 404 g/mol. The minimum atomic E-state index is -0.214. The van der Waals surface area contributed by atoms with E-state index in [2.05, 4.69) is 26.2 Å². The topological polar surface area (TPSA) is 80.4 Å². The van der Waals surface area contributed by atoms with Crippen molar-refractivity contribution in [3.63, 3.8) is 0 Å². The van der Waals surface area contributed by atoms with E-state index in [1.807, 2.05) is 19.1 Å². The highest BCUT2D eigenvalue weighted by atomic mass is 79.9. The molecule has 25 heavy (non-hydrogen) atoms. The number of H-pyrrole nitrogens is 1. The van der Waals surface area contributed by atoms with Gasteiger partial charge in [-0.15, -0.1) is 0 Å². The molecule has 0 saturated heterocycles. The summed E-state index contributed by atoms with van der Waals surface area (Å²) < 4.78 is 11.5. The Morgan fingerprint density at radius 2 is 2.16 bits per heavy atom. The number of aromatic nitrogens is 1. The van der Waals surface area contributed by atoms with Gasteiger partial charge in [0.2, 0.25) is 6.79 Å². The lowest BCUT2D eigenvalue weighted by Gasteiger charge is -2.09. The van der Waals surface area contributed by atoms with E-state index in [0.29, 0.717) is 35.7 Å². The van der Waals surface area contributed by atoms with Crippen LogP contribution in [-0.2, 0) is 13.0 Å². The quantitative estimate of drug-likeness (QED) is 0.822. The van der Waals surface area contributed by atoms with E-state index in [-0.39, 0.29) is 18.5 Å². The molecule has 0 bridgehead atoms. The number of benzene rings is 1. The number of hydrogen-bond donors (Lipinski definition) is 2. The van der Waals surface area contributed by atoms with Crippen LogP contribution >= 0.6 is 15.9 Å². The molecule has 0 unspecified atom stereocenters. The third-order valence-corrected chi connectivity index (χ3v) is 5.19. The number of ketones is 1. The van der Waals surface area contributed by atoms with Crippen molar-refractivity contribution >= 4 is 27.6 Å². The first-order chi connectivity index (χ1) is 12.0. The van der Waals surface area contributed by atoms with Crippen LogP contribution in [0.15, 0.2) is 16.6 Å². The van der Waals surface area contributed by atoms with Crippen LogP contribution in [0, 0.1) is 6.92 Å². The molecule has 0 radical (unpaired) electrons. The highest BCUT2D eigenvalue weighted by Crippen LogP contribution is 2.40. The predicted molar refractivity (Wildman–Crippen MR) is 94.2 cm³/mol. The number of fused-ring (bicyclic) bond motifs is 2. The van der Waals surface area contributed by atoms with Gasteiger partial charge in [-0.3, -0.25) is 9.59 Å². The van der Waals surface area contributed by atoms with Crippen LogP contribution < -0.4 is 14.8 Å². The highest BCUT2D eigenvalue weighted by Gasteiger charge is 2.26. The van der Waals surface area contributed by atoms with Gasteiger partial charge in [-0.2, -0.15) is 0 Å². The standard InChI is InChI=1S/C18H17BrN2O4/c1-9-15-12(3-2-4-13(15)22)21-16(9)18(23)20-7-10-5-11(19)17-14(6-10)24-8-25-17/h5-6,21H,2-4,7-8H2,1H3,(H,20,23). The molecular formula is C18H17BrN2O4. The number of rotatable bonds is 3. The molecule has 2 aromatic rings. The molecule has 130 valence electrons. The number of aryl methyl sites for hydroxylation is 1. The summed E-state index contributed by atoms with van der Waals surface area (Å²) in [4.78, 5) is 27.8. The van der Waals surface area contributed by atoms with Crippen LogP contribution in [0.5, 0.6) is 11.5 Å². The Labute approximate surface area is 153 Å². The van der Waals surface area contributed by atoms with Gasteiger partial charge >= 0.3 is 0 Å². The number of Topliss-reactive ketones (excluding diaryl/α,β-unsaturated/α-hetero) is 1. The fourth-order valence-corrected chi connectivity index (χ4v) is 4.00. The zero-order valence-electron chi connectivity index (χ0n) is 13.7. The number of nitrogens with one attached hydrogen (secondary N) is 2. The second kappa shape index (κ2) is 6.22. The first-order valence-electron chi connectivity index (χ1n) is 8.15. The minimum absolute atomic E-state index is 0.119. The van der Waals surface area contributed by atoms with E-state index in [0.717, 1.165) is 34.1 Å². The molecule has 1 aromatic carbocycles. The van der Waals surface area contributed by atoms with Crippen LogP contribution in [0.1, 0.15) is 50.5 Å². The molecule has 4 rings (SSSR count). The lowest BCUT2D eigenvalue weighted by molar-refractivity contribution is 0.0944. The minimum Gasteiger partial charge on any atom is -0.454 e. The summed E-state index contributed by atoms with van der Waals surface area (Å²) in [5, 5.41) is 2.90. The van der Waals surface area contributed by atoms with Crippen LogP contribution in [0.4, 0.5) is 0 Å². The number of aromatic amines is 1. The number of hydrogen-bond acceptors (Lipinski definition) is 4. The average Bonchev–Trinajstić information content (AvgIpc) is 3.18. The molecular weight excluding hydrogens is 388 g/mol. The predicted octanol–water partition coefficient (Wildman–Crippen LogP) is 3.26. The SMILES string of the molecule is Cc1c(C(=O)NCc2cc(Br)c3c(c2)OCO3)[nH]c2c1C(=O)CCC2. The number of halogens is 1. The van der Waals surface area contributed by atoms with E-state index >= 15 is 0 Å². The Kier molecular flexibility index (Phi) is 4.03.